The van der Waals surface area contributed by atoms with E-state index in [2.05, 4.69) is 55.3 Å². The van der Waals surface area contributed by atoms with Crippen molar-refractivity contribution in [1.82, 2.24) is 4.98 Å². The lowest BCUT2D eigenvalue weighted by Crippen LogP contribution is -1.96. The average Bonchev–Trinajstić information content (AvgIpc) is 2.92. The topological polar surface area (TPSA) is 24.9 Å². The standard InChI is InChI=1S/C15H16N2S2/c1-9-5-4-6-13-14(9)17-15(19-13)16-8-12-7-10(2)11(3)18-12/h4-7H,8H2,1-3H3,(H,16,17). The summed E-state index contributed by atoms with van der Waals surface area (Å²) in [5, 5.41) is 4.44. The minimum absolute atomic E-state index is 0.859. The number of fused-ring (bicyclic) bond motifs is 1. The Morgan fingerprint density at radius 1 is 1.11 bits per heavy atom. The Balaban J connectivity index is 1.80. The van der Waals surface area contributed by atoms with Crippen molar-refractivity contribution in [3.8, 4) is 0 Å². The Morgan fingerprint density at radius 2 is 1.95 bits per heavy atom. The van der Waals surface area contributed by atoms with E-state index in [4.69, 9.17) is 0 Å². The number of hydrogen-bond acceptors (Lipinski definition) is 4. The quantitative estimate of drug-likeness (QED) is 0.742. The Bertz CT molecular complexity index is 705. The van der Waals surface area contributed by atoms with Crippen LogP contribution in [-0.4, -0.2) is 4.98 Å². The van der Waals surface area contributed by atoms with E-state index in [0.29, 0.717) is 0 Å². The van der Waals surface area contributed by atoms with Crippen LogP contribution in [0, 0.1) is 20.8 Å². The molecule has 0 aliphatic rings. The molecule has 0 saturated carbocycles. The molecule has 3 rings (SSSR count). The van der Waals surface area contributed by atoms with Crippen molar-refractivity contribution in [2.75, 3.05) is 5.32 Å². The van der Waals surface area contributed by atoms with Crippen molar-refractivity contribution in [1.29, 1.82) is 0 Å². The third-order valence-corrected chi connectivity index (χ3v) is 5.38. The lowest BCUT2D eigenvalue weighted by atomic mass is 10.2. The van der Waals surface area contributed by atoms with Crippen molar-refractivity contribution in [2.45, 2.75) is 27.3 Å². The smallest absolute Gasteiger partial charge is 0.184 e. The van der Waals surface area contributed by atoms with Gasteiger partial charge in [0.1, 0.15) is 0 Å². The zero-order chi connectivity index (χ0) is 13.4. The summed E-state index contributed by atoms with van der Waals surface area (Å²) in [6.07, 6.45) is 0. The first-order valence-electron chi connectivity index (χ1n) is 6.29. The second-order valence-electron chi connectivity index (χ2n) is 4.75. The number of thiazole rings is 1. The Morgan fingerprint density at radius 3 is 2.63 bits per heavy atom. The molecule has 0 saturated heterocycles. The molecule has 2 aromatic heterocycles. The van der Waals surface area contributed by atoms with E-state index in [1.165, 1.54) is 25.6 Å². The summed E-state index contributed by atoms with van der Waals surface area (Å²) in [6, 6.07) is 8.58. The predicted octanol–water partition coefficient (Wildman–Crippen LogP) is 4.90. The van der Waals surface area contributed by atoms with Gasteiger partial charge in [-0.3, -0.25) is 0 Å². The van der Waals surface area contributed by atoms with Crippen LogP contribution in [0.15, 0.2) is 24.3 Å². The molecule has 0 aliphatic carbocycles. The van der Waals surface area contributed by atoms with E-state index in [-0.39, 0.29) is 0 Å². The summed E-state index contributed by atoms with van der Waals surface area (Å²) in [5.41, 5.74) is 3.74. The fraction of sp³-hybridized carbons (Fsp3) is 0.267. The number of benzene rings is 1. The van der Waals surface area contributed by atoms with Gasteiger partial charge in [-0.25, -0.2) is 4.98 Å². The number of rotatable bonds is 3. The first-order valence-corrected chi connectivity index (χ1v) is 7.93. The zero-order valence-electron chi connectivity index (χ0n) is 11.3. The molecule has 98 valence electrons. The highest BCUT2D eigenvalue weighted by molar-refractivity contribution is 7.22. The van der Waals surface area contributed by atoms with Gasteiger partial charge in [0, 0.05) is 9.75 Å². The fourth-order valence-corrected chi connectivity index (χ4v) is 3.99. The van der Waals surface area contributed by atoms with E-state index in [1.807, 2.05) is 11.3 Å². The Labute approximate surface area is 121 Å². The van der Waals surface area contributed by atoms with Crippen LogP contribution in [0.2, 0.25) is 0 Å². The molecular weight excluding hydrogens is 272 g/mol. The molecule has 2 heterocycles. The van der Waals surface area contributed by atoms with Gasteiger partial charge in [-0.2, -0.15) is 0 Å². The second-order valence-corrected chi connectivity index (χ2v) is 7.12. The summed E-state index contributed by atoms with van der Waals surface area (Å²) < 4.78 is 1.25. The molecular formula is C15H16N2S2. The van der Waals surface area contributed by atoms with Gasteiger partial charge >= 0.3 is 0 Å². The Hall–Kier alpha value is -1.39. The third-order valence-electron chi connectivity index (χ3n) is 3.25. The van der Waals surface area contributed by atoms with Gasteiger partial charge < -0.3 is 5.32 Å². The SMILES string of the molecule is Cc1cc(CNc2nc3c(C)cccc3s2)sc1C. The number of para-hydroxylation sites is 1. The molecule has 0 radical (unpaired) electrons. The van der Waals surface area contributed by atoms with Crippen LogP contribution in [0.3, 0.4) is 0 Å². The number of hydrogen-bond donors (Lipinski definition) is 1. The van der Waals surface area contributed by atoms with Crippen molar-refractivity contribution >= 4 is 38.0 Å². The van der Waals surface area contributed by atoms with Crippen molar-refractivity contribution in [2.24, 2.45) is 0 Å². The van der Waals surface area contributed by atoms with E-state index >= 15 is 0 Å². The van der Waals surface area contributed by atoms with Crippen LogP contribution in [0.1, 0.15) is 20.9 Å². The lowest BCUT2D eigenvalue weighted by molar-refractivity contribution is 1.17. The van der Waals surface area contributed by atoms with Crippen molar-refractivity contribution < 1.29 is 0 Å². The molecule has 1 N–H and O–H groups in total. The molecule has 3 aromatic rings. The molecule has 4 heteroatoms. The highest BCUT2D eigenvalue weighted by Crippen LogP contribution is 2.29. The average molecular weight is 288 g/mol. The summed E-state index contributed by atoms with van der Waals surface area (Å²) in [7, 11) is 0. The molecule has 0 unspecified atom stereocenters. The third kappa shape index (κ3) is 2.51. The Kier molecular flexibility index (Phi) is 3.29. The van der Waals surface area contributed by atoms with Gasteiger partial charge in [0.15, 0.2) is 5.13 Å². The molecule has 0 aliphatic heterocycles. The number of thiophene rings is 1. The first-order chi connectivity index (χ1) is 9.13. The largest absolute Gasteiger partial charge is 0.357 e. The zero-order valence-corrected chi connectivity index (χ0v) is 12.9. The minimum atomic E-state index is 0.859. The second kappa shape index (κ2) is 4.94. The number of anilines is 1. The normalized spacial score (nSPS) is 11.1. The van der Waals surface area contributed by atoms with Crippen LogP contribution in [0.4, 0.5) is 5.13 Å². The highest BCUT2D eigenvalue weighted by atomic mass is 32.1. The van der Waals surface area contributed by atoms with Gasteiger partial charge in [0.05, 0.1) is 16.8 Å². The number of nitrogens with one attached hydrogen (secondary N) is 1. The fourth-order valence-electron chi connectivity index (χ4n) is 2.06. The van der Waals surface area contributed by atoms with E-state index in [1.54, 1.807) is 11.3 Å². The summed E-state index contributed by atoms with van der Waals surface area (Å²) >= 11 is 3.58. The number of aromatic nitrogens is 1. The van der Waals surface area contributed by atoms with E-state index in [9.17, 15) is 0 Å². The molecule has 19 heavy (non-hydrogen) atoms. The lowest BCUT2D eigenvalue weighted by Gasteiger charge is -1.98. The predicted molar refractivity (Wildman–Crippen MR) is 85.5 cm³/mol. The summed E-state index contributed by atoms with van der Waals surface area (Å²) in [4.78, 5) is 7.44. The molecule has 0 atom stereocenters. The van der Waals surface area contributed by atoms with Crippen molar-refractivity contribution in [3.05, 3.63) is 45.1 Å². The number of aryl methyl sites for hydroxylation is 3. The van der Waals surface area contributed by atoms with Gasteiger partial charge in [-0.1, -0.05) is 23.5 Å². The van der Waals surface area contributed by atoms with Gasteiger partial charge in [0.2, 0.25) is 0 Å². The van der Waals surface area contributed by atoms with E-state index in [0.717, 1.165) is 17.2 Å². The summed E-state index contributed by atoms with van der Waals surface area (Å²) in [6.45, 7) is 7.30. The molecule has 0 spiro atoms. The first kappa shape index (κ1) is 12.6. The summed E-state index contributed by atoms with van der Waals surface area (Å²) in [5.74, 6) is 0. The van der Waals surface area contributed by atoms with Crippen LogP contribution in [-0.2, 0) is 6.54 Å². The molecule has 2 nitrogen and oxygen atoms in total. The van der Waals surface area contributed by atoms with E-state index < -0.39 is 0 Å². The van der Waals surface area contributed by atoms with Crippen LogP contribution in [0.5, 0.6) is 0 Å². The highest BCUT2D eigenvalue weighted by Gasteiger charge is 2.06. The molecule has 1 aromatic carbocycles. The van der Waals surface area contributed by atoms with Crippen molar-refractivity contribution in [3.63, 3.8) is 0 Å². The van der Waals surface area contributed by atoms with Gasteiger partial charge in [-0.15, -0.1) is 11.3 Å². The van der Waals surface area contributed by atoms with Gasteiger partial charge in [0.25, 0.3) is 0 Å². The molecule has 0 amide bonds. The minimum Gasteiger partial charge on any atom is -0.357 e. The maximum Gasteiger partial charge on any atom is 0.184 e. The monoisotopic (exact) mass is 288 g/mol. The van der Waals surface area contributed by atoms with Crippen LogP contribution < -0.4 is 5.32 Å². The van der Waals surface area contributed by atoms with Crippen LogP contribution in [0.25, 0.3) is 10.2 Å². The maximum atomic E-state index is 4.67. The number of nitrogens with zero attached hydrogens (tertiary/aromatic N) is 1. The maximum absolute atomic E-state index is 4.67. The molecule has 0 fully saturated rings. The van der Waals surface area contributed by atoms with Gasteiger partial charge in [-0.05, 0) is 44.0 Å². The van der Waals surface area contributed by atoms with Crippen LogP contribution >= 0.6 is 22.7 Å². The molecule has 0 bridgehead atoms.